The van der Waals surface area contributed by atoms with Gasteiger partial charge in [-0.1, -0.05) is 67.6 Å². The average Bonchev–Trinajstić information content (AvgIpc) is 2.90. The summed E-state index contributed by atoms with van der Waals surface area (Å²) < 4.78 is 5.39. The maximum absolute atomic E-state index is 13.7. The molecule has 6 heteroatoms. The monoisotopic (exact) mass is 490 g/mol. The van der Waals surface area contributed by atoms with E-state index in [0.717, 1.165) is 28.2 Å². The van der Waals surface area contributed by atoms with Crippen molar-refractivity contribution >= 4 is 23.6 Å². The molecule has 2 amide bonds. The Hall–Kier alpha value is -3.25. The number of rotatable bonds is 12. The molecule has 3 aromatic rings. The van der Waals surface area contributed by atoms with Gasteiger partial charge in [-0.15, -0.1) is 11.8 Å². The van der Waals surface area contributed by atoms with Crippen LogP contribution in [0.5, 0.6) is 5.75 Å². The molecule has 0 bridgehead atoms. The molecule has 0 saturated heterocycles. The van der Waals surface area contributed by atoms with Crippen molar-refractivity contribution in [3.63, 3.8) is 0 Å². The first-order chi connectivity index (χ1) is 17.0. The first-order valence-electron chi connectivity index (χ1n) is 11.9. The molecule has 1 N–H and O–H groups in total. The number of benzene rings is 3. The molecule has 0 aliphatic carbocycles. The second kappa shape index (κ2) is 13.6. The van der Waals surface area contributed by atoms with Crippen LogP contribution in [0.4, 0.5) is 0 Å². The van der Waals surface area contributed by atoms with Crippen LogP contribution < -0.4 is 10.1 Å². The van der Waals surface area contributed by atoms with E-state index in [1.54, 1.807) is 12.0 Å². The van der Waals surface area contributed by atoms with Gasteiger partial charge in [0, 0.05) is 23.9 Å². The van der Waals surface area contributed by atoms with Crippen molar-refractivity contribution < 1.29 is 14.3 Å². The van der Waals surface area contributed by atoms with E-state index in [-0.39, 0.29) is 23.6 Å². The first-order valence-corrected chi connectivity index (χ1v) is 12.9. The lowest BCUT2D eigenvalue weighted by Crippen LogP contribution is -2.52. The fourth-order valence-electron chi connectivity index (χ4n) is 3.71. The number of methoxy groups -OCH3 is 1. The number of carbonyl (C=O) groups excluding carboxylic acids is 2. The standard InChI is InChI=1S/C29H34N2O3S/c1-4-22(2)30-29(33)27(19-23-12-7-5-8-13-23)31(20-24-14-11-15-25(18-24)34-3)28(32)21-35-26-16-9-6-10-17-26/h5-18,22,27H,4,19-21H2,1-3H3,(H,30,33). The van der Waals surface area contributed by atoms with Gasteiger partial charge in [0.15, 0.2) is 0 Å². The number of amides is 2. The van der Waals surface area contributed by atoms with Crippen molar-refractivity contribution in [1.82, 2.24) is 10.2 Å². The molecule has 0 radical (unpaired) electrons. The van der Waals surface area contributed by atoms with Gasteiger partial charge >= 0.3 is 0 Å². The summed E-state index contributed by atoms with van der Waals surface area (Å²) in [4.78, 5) is 29.9. The largest absolute Gasteiger partial charge is 0.497 e. The summed E-state index contributed by atoms with van der Waals surface area (Å²) in [6.07, 6.45) is 1.26. The third kappa shape index (κ3) is 8.18. The van der Waals surface area contributed by atoms with Crippen molar-refractivity contribution in [2.75, 3.05) is 12.9 Å². The van der Waals surface area contributed by atoms with Gasteiger partial charge in [-0.05, 0) is 48.7 Å². The molecule has 0 aliphatic heterocycles. The summed E-state index contributed by atoms with van der Waals surface area (Å²) in [5, 5.41) is 3.10. The zero-order valence-electron chi connectivity index (χ0n) is 20.6. The third-order valence-electron chi connectivity index (χ3n) is 5.86. The fourth-order valence-corrected chi connectivity index (χ4v) is 4.51. The number of ether oxygens (including phenoxy) is 1. The molecule has 184 valence electrons. The van der Waals surface area contributed by atoms with Gasteiger partial charge in [-0.3, -0.25) is 9.59 Å². The van der Waals surface area contributed by atoms with E-state index in [0.29, 0.717) is 13.0 Å². The van der Waals surface area contributed by atoms with Crippen molar-refractivity contribution in [2.24, 2.45) is 0 Å². The van der Waals surface area contributed by atoms with E-state index in [2.05, 4.69) is 5.32 Å². The van der Waals surface area contributed by atoms with Crippen LogP contribution in [-0.2, 0) is 22.6 Å². The topological polar surface area (TPSA) is 58.6 Å². The van der Waals surface area contributed by atoms with Crippen LogP contribution in [0.2, 0.25) is 0 Å². The second-order valence-electron chi connectivity index (χ2n) is 8.50. The number of nitrogens with one attached hydrogen (secondary N) is 1. The van der Waals surface area contributed by atoms with Crippen LogP contribution in [0.25, 0.3) is 0 Å². The predicted octanol–water partition coefficient (Wildman–Crippen LogP) is 5.34. The quantitative estimate of drug-likeness (QED) is 0.348. The Morgan fingerprint density at radius 3 is 2.26 bits per heavy atom. The highest BCUT2D eigenvalue weighted by molar-refractivity contribution is 8.00. The minimum atomic E-state index is -0.638. The van der Waals surface area contributed by atoms with E-state index in [1.165, 1.54) is 11.8 Å². The molecule has 3 rings (SSSR count). The Kier molecular flexibility index (Phi) is 10.2. The minimum Gasteiger partial charge on any atom is -0.497 e. The summed E-state index contributed by atoms with van der Waals surface area (Å²) in [5.74, 6) is 0.749. The van der Waals surface area contributed by atoms with Crippen molar-refractivity contribution in [3.05, 3.63) is 96.1 Å². The maximum Gasteiger partial charge on any atom is 0.243 e. The highest BCUT2D eigenvalue weighted by atomic mass is 32.2. The molecular formula is C29H34N2O3S. The molecular weight excluding hydrogens is 456 g/mol. The van der Waals surface area contributed by atoms with Crippen LogP contribution in [0.15, 0.2) is 89.8 Å². The van der Waals surface area contributed by atoms with Crippen LogP contribution in [-0.4, -0.2) is 41.7 Å². The van der Waals surface area contributed by atoms with E-state index >= 15 is 0 Å². The summed E-state index contributed by atoms with van der Waals surface area (Å²) in [6, 6.07) is 26.7. The van der Waals surface area contributed by atoms with Gasteiger partial charge in [0.05, 0.1) is 12.9 Å². The zero-order valence-corrected chi connectivity index (χ0v) is 21.5. The molecule has 3 aromatic carbocycles. The van der Waals surface area contributed by atoms with E-state index < -0.39 is 6.04 Å². The fraction of sp³-hybridized carbons (Fsp3) is 0.310. The lowest BCUT2D eigenvalue weighted by atomic mass is 10.0. The molecule has 0 aromatic heterocycles. The number of nitrogens with zero attached hydrogens (tertiary/aromatic N) is 1. The smallest absolute Gasteiger partial charge is 0.243 e. The molecule has 2 atom stereocenters. The number of hydrogen-bond acceptors (Lipinski definition) is 4. The molecule has 0 heterocycles. The normalized spacial score (nSPS) is 12.4. The van der Waals surface area contributed by atoms with Gasteiger partial charge in [0.1, 0.15) is 11.8 Å². The highest BCUT2D eigenvalue weighted by Gasteiger charge is 2.31. The third-order valence-corrected chi connectivity index (χ3v) is 6.86. The lowest BCUT2D eigenvalue weighted by molar-refractivity contribution is -0.139. The maximum atomic E-state index is 13.7. The molecule has 0 aliphatic rings. The van der Waals surface area contributed by atoms with Crippen LogP contribution >= 0.6 is 11.8 Å². The van der Waals surface area contributed by atoms with Crippen molar-refractivity contribution in [2.45, 2.75) is 50.2 Å². The van der Waals surface area contributed by atoms with Crippen LogP contribution in [0.1, 0.15) is 31.4 Å². The predicted molar refractivity (Wildman–Crippen MR) is 143 cm³/mol. The van der Waals surface area contributed by atoms with Gasteiger partial charge in [-0.25, -0.2) is 0 Å². The summed E-state index contributed by atoms with van der Waals surface area (Å²) in [5.41, 5.74) is 1.92. The summed E-state index contributed by atoms with van der Waals surface area (Å²) in [7, 11) is 1.62. The Labute approximate surface area is 212 Å². The van der Waals surface area contributed by atoms with Crippen molar-refractivity contribution in [3.8, 4) is 5.75 Å². The Morgan fingerprint density at radius 1 is 0.943 bits per heavy atom. The van der Waals surface area contributed by atoms with E-state index in [1.807, 2.05) is 98.8 Å². The summed E-state index contributed by atoms with van der Waals surface area (Å²) in [6.45, 7) is 4.33. The Balaban J connectivity index is 1.92. The zero-order chi connectivity index (χ0) is 25.0. The van der Waals surface area contributed by atoms with Crippen LogP contribution in [0.3, 0.4) is 0 Å². The Morgan fingerprint density at radius 2 is 1.60 bits per heavy atom. The number of hydrogen-bond donors (Lipinski definition) is 1. The number of carbonyl (C=O) groups is 2. The molecule has 0 fully saturated rings. The summed E-state index contributed by atoms with van der Waals surface area (Å²) >= 11 is 1.48. The van der Waals surface area contributed by atoms with Gasteiger partial charge in [0.25, 0.3) is 0 Å². The molecule has 0 saturated carbocycles. The SMILES string of the molecule is CCC(C)NC(=O)C(Cc1ccccc1)N(Cc1cccc(OC)c1)C(=O)CSc1ccccc1. The molecule has 0 spiro atoms. The first kappa shape index (κ1) is 26.4. The Bertz CT molecular complexity index is 1080. The molecule has 5 nitrogen and oxygen atoms in total. The average molecular weight is 491 g/mol. The molecule has 35 heavy (non-hydrogen) atoms. The second-order valence-corrected chi connectivity index (χ2v) is 9.55. The number of thioether (sulfide) groups is 1. The van der Waals surface area contributed by atoms with Gasteiger partial charge in [0.2, 0.25) is 11.8 Å². The van der Waals surface area contributed by atoms with E-state index in [4.69, 9.17) is 4.74 Å². The van der Waals surface area contributed by atoms with Crippen LogP contribution in [0, 0.1) is 0 Å². The highest BCUT2D eigenvalue weighted by Crippen LogP contribution is 2.22. The minimum absolute atomic E-state index is 0.0215. The molecule has 2 unspecified atom stereocenters. The van der Waals surface area contributed by atoms with Crippen molar-refractivity contribution in [1.29, 1.82) is 0 Å². The van der Waals surface area contributed by atoms with Gasteiger partial charge in [-0.2, -0.15) is 0 Å². The van der Waals surface area contributed by atoms with E-state index in [9.17, 15) is 9.59 Å². The lowest BCUT2D eigenvalue weighted by Gasteiger charge is -2.32. The van der Waals surface area contributed by atoms with Gasteiger partial charge < -0.3 is 15.0 Å².